The summed E-state index contributed by atoms with van der Waals surface area (Å²) in [6.45, 7) is 7.71. The second-order valence-electron chi connectivity index (χ2n) is 5.80. The predicted molar refractivity (Wildman–Crippen MR) is 84.3 cm³/mol. The van der Waals surface area contributed by atoms with Gasteiger partial charge in [0.25, 0.3) is 0 Å². The molecule has 0 radical (unpaired) electrons. The number of primary amides is 1. The van der Waals surface area contributed by atoms with Crippen LogP contribution in [0.3, 0.4) is 0 Å². The van der Waals surface area contributed by atoms with Crippen molar-refractivity contribution in [3.8, 4) is 0 Å². The number of carbonyl (C=O) groups excluding carboxylic acids is 1. The van der Waals surface area contributed by atoms with E-state index in [1.807, 2.05) is 13.0 Å². The Labute approximate surface area is 126 Å². The number of hydrogen-bond donors (Lipinski definition) is 2. The lowest BCUT2D eigenvalue weighted by Crippen LogP contribution is -2.46. The molecule has 1 aromatic rings. The molecule has 0 spiro atoms. The highest BCUT2D eigenvalue weighted by Gasteiger charge is 2.29. The highest BCUT2D eigenvalue weighted by atomic mass is 16.1. The Morgan fingerprint density at radius 3 is 2.90 bits per heavy atom. The van der Waals surface area contributed by atoms with Gasteiger partial charge in [-0.3, -0.25) is 4.79 Å². The van der Waals surface area contributed by atoms with E-state index < -0.39 is 0 Å². The van der Waals surface area contributed by atoms with Crippen molar-refractivity contribution in [2.24, 2.45) is 11.7 Å². The maximum Gasteiger partial charge on any atom is 0.224 e. The van der Waals surface area contributed by atoms with E-state index in [1.165, 1.54) is 0 Å². The number of piperidine rings is 1. The van der Waals surface area contributed by atoms with Gasteiger partial charge in [0, 0.05) is 30.9 Å². The van der Waals surface area contributed by atoms with E-state index in [1.54, 1.807) is 0 Å². The first-order chi connectivity index (χ1) is 10.0. The number of anilines is 2. The molecule has 2 atom stereocenters. The number of hydrogen-bond acceptors (Lipinski definition) is 5. The van der Waals surface area contributed by atoms with E-state index in [-0.39, 0.29) is 11.8 Å². The molecule has 1 saturated heterocycles. The van der Waals surface area contributed by atoms with Gasteiger partial charge in [-0.2, -0.15) is 4.98 Å². The van der Waals surface area contributed by atoms with Crippen molar-refractivity contribution in [2.75, 3.05) is 23.3 Å². The number of rotatable bonds is 5. The summed E-state index contributed by atoms with van der Waals surface area (Å²) >= 11 is 0. The molecular formula is C15H25N5O. The van der Waals surface area contributed by atoms with Gasteiger partial charge in [0.15, 0.2) is 0 Å². The van der Waals surface area contributed by atoms with Crippen LogP contribution in [0.2, 0.25) is 0 Å². The van der Waals surface area contributed by atoms with Crippen LogP contribution in [-0.4, -0.2) is 35.0 Å². The van der Waals surface area contributed by atoms with Gasteiger partial charge in [-0.15, -0.1) is 0 Å². The van der Waals surface area contributed by atoms with Crippen LogP contribution in [0, 0.1) is 12.8 Å². The van der Waals surface area contributed by atoms with Crippen molar-refractivity contribution < 1.29 is 4.79 Å². The maximum atomic E-state index is 11.5. The van der Waals surface area contributed by atoms with Crippen LogP contribution in [0.1, 0.15) is 38.8 Å². The first kappa shape index (κ1) is 15.5. The average Bonchev–Trinajstić information content (AvgIpc) is 2.44. The highest BCUT2D eigenvalue weighted by Crippen LogP contribution is 2.27. The number of nitrogens with one attached hydrogen (secondary N) is 1. The monoisotopic (exact) mass is 291 g/mol. The van der Waals surface area contributed by atoms with Gasteiger partial charge in [0.1, 0.15) is 5.82 Å². The first-order valence-corrected chi connectivity index (χ1v) is 7.66. The van der Waals surface area contributed by atoms with Gasteiger partial charge in [0.05, 0.1) is 5.92 Å². The van der Waals surface area contributed by atoms with Crippen molar-refractivity contribution in [1.82, 2.24) is 9.97 Å². The topological polar surface area (TPSA) is 84.1 Å². The standard InChI is InChI=1S/C15H25N5O/c1-4-7-17-15-18-10(2)8-13(19-15)20-9-12(14(16)21)6-5-11(20)3/h8,11-12H,4-7,9H2,1-3H3,(H2,16,21)(H,17,18,19). The molecule has 116 valence electrons. The number of aromatic nitrogens is 2. The lowest BCUT2D eigenvalue weighted by atomic mass is 9.93. The largest absolute Gasteiger partial charge is 0.369 e. The van der Waals surface area contributed by atoms with Gasteiger partial charge in [0.2, 0.25) is 11.9 Å². The smallest absolute Gasteiger partial charge is 0.224 e. The second-order valence-corrected chi connectivity index (χ2v) is 5.80. The highest BCUT2D eigenvalue weighted by molar-refractivity contribution is 5.77. The number of nitrogens with zero attached hydrogens (tertiary/aromatic N) is 3. The Morgan fingerprint density at radius 2 is 2.24 bits per heavy atom. The molecule has 1 aliphatic heterocycles. The molecule has 1 fully saturated rings. The zero-order valence-corrected chi connectivity index (χ0v) is 13.1. The van der Waals surface area contributed by atoms with Crippen molar-refractivity contribution in [3.05, 3.63) is 11.8 Å². The summed E-state index contributed by atoms with van der Waals surface area (Å²) in [7, 11) is 0. The molecule has 21 heavy (non-hydrogen) atoms. The van der Waals surface area contributed by atoms with Gasteiger partial charge < -0.3 is 16.0 Å². The Bertz CT molecular complexity index is 505. The molecule has 0 bridgehead atoms. The Morgan fingerprint density at radius 1 is 1.48 bits per heavy atom. The van der Waals surface area contributed by atoms with Crippen LogP contribution in [-0.2, 0) is 4.79 Å². The summed E-state index contributed by atoms with van der Waals surface area (Å²) in [5, 5.41) is 3.22. The fraction of sp³-hybridized carbons (Fsp3) is 0.667. The van der Waals surface area contributed by atoms with Gasteiger partial charge in [-0.25, -0.2) is 4.98 Å². The summed E-state index contributed by atoms with van der Waals surface area (Å²) in [5.41, 5.74) is 6.39. The van der Waals surface area contributed by atoms with Crippen molar-refractivity contribution in [1.29, 1.82) is 0 Å². The minimum absolute atomic E-state index is 0.0940. The van der Waals surface area contributed by atoms with Gasteiger partial charge in [-0.1, -0.05) is 6.92 Å². The van der Waals surface area contributed by atoms with Crippen LogP contribution < -0.4 is 16.0 Å². The Hall–Kier alpha value is -1.85. The lowest BCUT2D eigenvalue weighted by Gasteiger charge is -2.37. The molecule has 6 nitrogen and oxygen atoms in total. The number of amides is 1. The van der Waals surface area contributed by atoms with Crippen molar-refractivity contribution in [3.63, 3.8) is 0 Å². The zero-order chi connectivity index (χ0) is 15.4. The summed E-state index contributed by atoms with van der Waals surface area (Å²) in [5.74, 6) is 1.21. The normalized spacial score (nSPS) is 22.1. The van der Waals surface area contributed by atoms with E-state index in [9.17, 15) is 4.79 Å². The number of nitrogens with two attached hydrogens (primary N) is 1. The zero-order valence-electron chi connectivity index (χ0n) is 13.1. The molecule has 1 aromatic heterocycles. The third-order valence-corrected chi connectivity index (χ3v) is 3.95. The fourth-order valence-corrected chi connectivity index (χ4v) is 2.67. The summed E-state index contributed by atoms with van der Waals surface area (Å²) < 4.78 is 0. The van der Waals surface area contributed by atoms with Gasteiger partial charge >= 0.3 is 0 Å². The molecule has 0 saturated carbocycles. The van der Waals surface area contributed by atoms with Crippen LogP contribution in [0.25, 0.3) is 0 Å². The number of aryl methyl sites for hydroxylation is 1. The predicted octanol–water partition coefficient (Wildman–Crippen LogP) is 1.70. The molecule has 2 unspecified atom stereocenters. The third kappa shape index (κ3) is 3.83. The Balaban J connectivity index is 2.22. The minimum Gasteiger partial charge on any atom is -0.369 e. The molecule has 6 heteroatoms. The minimum atomic E-state index is -0.220. The summed E-state index contributed by atoms with van der Waals surface area (Å²) in [6.07, 6.45) is 2.84. The van der Waals surface area contributed by atoms with E-state index in [4.69, 9.17) is 5.73 Å². The third-order valence-electron chi connectivity index (χ3n) is 3.95. The van der Waals surface area contributed by atoms with Crippen molar-refractivity contribution in [2.45, 2.75) is 46.1 Å². The van der Waals surface area contributed by atoms with E-state index in [2.05, 4.69) is 34.0 Å². The maximum absolute atomic E-state index is 11.5. The quantitative estimate of drug-likeness (QED) is 0.862. The second kappa shape index (κ2) is 6.74. The molecule has 3 N–H and O–H groups in total. The van der Waals surface area contributed by atoms with Crippen LogP contribution in [0.4, 0.5) is 11.8 Å². The van der Waals surface area contributed by atoms with Crippen LogP contribution in [0.5, 0.6) is 0 Å². The molecule has 0 aliphatic carbocycles. The fourth-order valence-electron chi connectivity index (χ4n) is 2.67. The van der Waals surface area contributed by atoms with E-state index in [0.29, 0.717) is 18.5 Å². The summed E-state index contributed by atoms with van der Waals surface area (Å²) in [6, 6.07) is 2.32. The Kier molecular flexibility index (Phi) is 4.98. The van der Waals surface area contributed by atoms with E-state index >= 15 is 0 Å². The van der Waals surface area contributed by atoms with Crippen LogP contribution >= 0.6 is 0 Å². The van der Waals surface area contributed by atoms with Gasteiger partial charge in [-0.05, 0) is 33.1 Å². The first-order valence-electron chi connectivity index (χ1n) is 7.66. The lowest BCUT2D eigenvalue weighted by molar-refractivity contribution is -0.122. The van der Waals surface area contributed by atoms with E-state index in [0.717, 1.165) is 37.3 Å². The molecule has 1 amide bonds. The van der Waals surface area contributed by atoms with Crippen LogP contribution in [0.15, 0.2) is 6.07 Å². The molecule has 1 aliphatic rings. The van der Waals surface area contributed by atoms with Crippen molar-refractivity contribution >= 4 is 17.7 Å². The molecule has 2 heterocycles. The summed E-state index contributed by atoms with van der Waals surface area (Å²) in [4.78, 5) is 22.6. The molecule has 2 rings (SSSR count). The SMILES string of the molecule is CCCNc1nc(C)cc(N2CC(C(N)=O)CCC2C)n1. The molecule has 0 aromatic carbocycles. The average molecular weight is 291 g/mol. The molecular weight excluding hydrogens is 266 g/mol. The number of carbonyl (C=O) groups is 1.